The van der Waals surface area contributed by atoms with Crippen molar-refractivity contribution in [3.05, 3.63) is 22.8 Å². The van der Waals surface area contributed by atoms with E-state index in [1.165, 1.54) is 68.3 Å². The second-order valence-corrected chi connectivity index (χ2v) is 5.90. The van der Waals surface area contributed by atoms with Crippen LogP contribution >= 0.6 is 0 Å². The van der Waals surface area contributed by atoms with Gasteiger partial charge in [0, 0.05) is 11.6 Å². The fourth-order valence-electron chi connectivity index (χ4n) is 3.58. The lowest BCUT2D eigenvalue weighted by atomic mass is 9.87. The molecule has 2 nitrogen and oxygen atoms in total. The van der Waals surface area contributed by atoms with E-state index in [9.17, 15) is 0 Å². The smallest absolute Gasteiger partial charge is 0.205 e. The topological polar surface area (TPSA) is 25.8 Å². The van der Waals surface area contributed by atoms with Gasteiger partial charge < -0.3 is 0 Å². The van der Waals surface area contributed by atoms with Crippen molar-refractivity contribution in [2.24, 2.45) is 0 Å². The molecule has 1 saturated carbocycles. The van der Waals surface area contributed by atoms with E-state index in [0.717, 1.165) is 12.8 Å². The van der Waals surface area contributed by atoms with Crippen LogP contribution in [0.4, 0.5) is 0 Å². The lowest BCUT2D eigenvalue weighted by Gasteiger charge is -2.23. The van der Waals surface area contributed by atoms with Crippen LogP contribution in [0.25, 0.3) is 0 Å². The van der Waals surface area contributed by atoms with Gasteiger partial charge in [0.15, 0.2) is 0 Å². The molecule has 1 heterocycles. The Kier molecular flexibility index (Phi) is 3.82. The van der Waals surface area contributed by atoms with Gasteiger partial charge in [0.05, 0.1) is 5.69 Å². The monoisotopic (exact) mass is 254 g/mol. The van der Waals surface area contributed by atoms with Crippen molar-refractivity contribution in [2.45, 2.75) is 70.1 Å². The fourth-order valence-corrected chi connectivity index (χ4v) is 3.58. The lowest BCUT2D eigenvalue weighted by Crippen LogP contribution is -2.15. The second kappa shape index (κ2) is 5.74. The summed E-state index contributed by atoms with van der Waals surface area (Å²) < 4.78 is 0. The standard InChI is InChI=1S/C17H22N2/c1-2-16-18-15-12-8-7-11-14(15)17(19-16)13-9-5-3-4-6-10-13/h1,13H,3-12H2. The molecule has 19 heavy (non-hydrogen) atoms. The molecule has 0 aromatic carbocycles. The number of fused-ring (bicyclic) bond motifs is 1. The largest absolute Gasteiger partial charge is 0.226 e. The van der Waals surface area contributed by atoms with Crippen LogP contribution in [0.15, 0.2) is 0 Å². The Labute approximate surface area is 116 Å². The van der Waals surface area contributed by atoms with E-state index in [4.69, 9.17) is 11.4 Å². The first-order valence-corrected chi connectivity index (χ1v) is 7.75. The van der Waals surface area contributed by atoms with Gasteiger partial charge in [0.1, 0.15) is 0 Å². The van der Waals surface area contributed by atoms with E-state index in [0.29, 0.717) is 11.7 Å². The lowest BCUT2D eigenvalue weighted by molar-refractivity contribution is 0.553. The van der Waals surface area contributed by atoms with Gasteiger partial charge in [-0.15, -0.1) is 6.42 Å². The molecule has 0 atom stereocenters. The molecule has 1 aromatic rings. The van der Waals surface area contributed by atoms with Crippen LogP contribution in [0.2, 0.25) is 0 Å². The molecule has 100 valence electrons. The van der Waals surface area contributed by atoms with Gasteiger partial charge in [0.25, 0.3) is 0 Å². The summed E-state index contributed by atoms with van der Waals surface area (Å²) in [6.45, 7) is 0. The Morgan fingerprint density at radius 1 is 0.895 bits per heavy atom. The molecule has 0 aliphatic heterocycles. The van der Waals surface area contributed by atoms with E-state index in [2.05, 4.69) is 10.9 Å². The van der Waals surface area contributed by atoms with Crippen LogP contribution in [-0.2, 0) is 12.8 Å². The van der Waals surface area contributed by atoms with Crippen molar-refractivity contribution < 1.29 is 0 Å². The highest BCUT2D eigenvalue weighted by molar-refractivity contribution is 5.34. The fraction of sp³-hybridized carbons (Fsp3) is 0.647. The van der Waals surface area contributed by atoms with Gasteiger partial charge in [-0.1, -0.05) is 25.7 Å². The minimum atomic E-state index is 0.611. The molecule has 0 N–H and O–H groups in total. The van der Waals surface area contributed by atoms with E-state index in [1.54, 1.807) is 0 Å². The van der Waals surface area contributed by atoms with Crippen LogP contribution in [-0.4, -0.2) is 9.97 Å². The zero-order chi connectivity index (χ0) is 13.1. The number of hydrogen-bond acceptors (Lipinski definition) is 2. The molecule has 0 spiro atoms. The molecule has 0 saturated heterocycles. The summed E-state index contributed by atoms with van der Waals surface area (Å²) in [5.41, 5.74) is 3.99. The van der Waals surface area contributed by atoms with Crippen LogP contribution < -0.4 is 0 Å². The SMILES string of the molecule is C#Cc1nc2c(c(C3CCCCCC3)n1)CCCC2. The van der Waals surface area contributed by atoms with Gasteiger partial charge in [-0.3, -0.25) is 0 Å². The summed E-state index contributed by atoms with van der Waals surface area (Å²) in [7, 11) is 0. The molecule has 0 bridgehead atoms. The highest BCUT2D eigenvalue weighted by atomic mass is 14.9. The van der Waals surface area contributed by atoms with E-state index < -0.39 is 0 Å². The second-order valence-electron chi connectivity index (χ2n) is 5.90. The summed E-state index contributed by atoms with van der Waals surface area (Å²) in [6, 6.07) is 0. The average molecular weight is 254 g/mol. The number of rotatable bonds is 1. The van der Waals surface area contributed by atoms with Gasteiger partial charge >= 0.3 is 0 Å². The summed E-state index contributed by atoms with van der Waals surface area (Å²) in [6.07, 6.45) is 18.3. The zero-order valence-corrected chi connectivity index (χ0v) is 11.6. The van der Waals surface area contributed by atoms with Gasteiger partial charge in [-0.25, -0.2) is 9.97 Å². The summed E-state index contributed by atoms with van der Waals surface area (Å²) >= 11 is 0. The van der Waals surface area contributed by atoms with Crippen molar-refractivity contribution in [3.8, 4) is 12.3 Å². The molecule has 2 heteroatoms. The van der Waals surface area contributed by atoms with Crippen molar-refractivity contribution in [1.29, 1.82) is 0 Å². The Morgan fingerprint density at radius 2 is 1.63 bits per heavy atom. The quantitative estimate of drug-likeness (QED) is 0.563. The first-order chi connectivity index (χ1) is 9.38. The number of nitrogens with zero attached hydrogens (tertiary/aromatic N) is 2. The molecule has 3 rings (SSSR count). The van der Waals surface area contributed by atoms with Gasteiger partial charge in [-0.2, -0.15) is 0 Å². The third kappa shape index (κ3) is 2.66. The van der Waals surface area contributed by atoms with Crippen molar-refractivity contribution in [3.63, 3.8) is 0 Å². The Morgan fingerprint density at radius 3 is 2.37 bits per heavy atom. The Bertz CT molecular complexity index is 491. The molecule has 2 aliphatic rings. The van der Waals surface area contributed by atoms with Crippen molar-refractivity contribution in [1.82, 2.24) is 9.97 Å². The molecule has 1 aromatic heterocycles. The zero-order valence-electron chi connectivity index (χ0n) is 11.6. The maximum Gasteiger partial charge on any atom is 0.205 e. The highest BCUT2D eigenvalue weighted by Crippen LogP contribution is 2.35. The maximum absolute atomic E-state index is 5.54. The maximum atomic E-state index is 5.54. The summed E-state index contributed by atoms with van der Waals surface area (Å²) in [5, 5.41) is 0. The Hall–Kier alpha value is -1.36. The van der Waals surface area contributed by atoms with Gasteiger partial charge in [-0.05, 0) is 50.0 Å². The third-order valence-corrected chi connectivity index (χ3v) is 4.59. The van der Waals surface area contributed by atoms with E-state index in [1.807, 2.05) is 0 Å². The number of aromatic nitrogens is 2. The molecule has 0 amide bonds. The molecule has 0 unspecified atom stereocenters. The molecule has 1 fully saturated rings. The minimum absolute atomic E-state index is 0.611. The van der Waals surface area contributed by atoms with Crippen LogP contribution in [0.1, 0.15) is 80.1 Å². The minimum Gasteiger partial charge on any atom is -0.226 e. The van der Waals surface area contributed by atoms with Gasteiger partial charge in [0.2, 0.25) is 5.82 Å². The first-order valence-electron chi connectivity index (χ1n) is 7.75. The normalized spacial score (nSPS) is 20.4. The van der Waals surface area contributed by atoms with Crippen molar-refractivity contribution >= 4 is 0 Å². The Balaban J connectivity index is 2.00. The van der Waals surface area contributed by atoms with Crippen molar-refractivity contribution in [2.75, 3.05) is 0 Å². The van der Waals surface area contributed by atoms with Crippen LogP contribution in [0.5, 0.6) is 0 Å². The molecule has 0 radical (unpaired) electrons. The van der Waals surface area contributed by atoms with Crippen LogP contribution in [0.3, 0.4) is 0 Å². The number of aryl methyl sites for hydroxylation is 1. The number of hydrogen-bond donors (Lipinski definition) is 0. The average Bonchev–Trinajstić information content (AvgIpc) is 2.75. The van der Waals surface area contributed by atoms with E-state index >= 15 is 0 Å². The highest BCUT2D eigenvalue weighted by Gasteiger charge is 2.24. The molecular formula is C17H22N2. The number of terminal acetylenes is 1. The summed E-state index contributed by atoms with van der Waals surface area (Å²) in [5.74, 6) is 3.89. The molecular weight excluding hydrogens is 232 g/mol. The predicted molar refractivity (Wildman–Crippen MR) is 77.1 cm³/mol. The van der Waals surface area contributed by atoms with Crippen LogP contribution in [0, 0.1) is 12.3 Å². The van der Waals surface area contributed by atoms with E-state index in [-0.39, 0.29) is 0 Å². The first kappa shape index (κ1) is 12.7. The third-order valence-electron chi connectivity index (χ3n) is 4.59. The molecule has 2 aliphatic carbocycles. The predicted octanol–water partition coefficient (Wildman–Crippen LogP) is 3.77. The summed E-state index contributed by atoms with van der Waals surface area (Å²) in [4.78, 5) is 9.29.